The number of hydrogen-bond acceptors (Lipinski definition) is 5. The van der Waals surface area contributed by atoms with E-state index in [1.54, 1.807) is 67.6 Å². The van der Waals surface area contributed by atoms with Crippen LogP contribution in [0.4, 0.5) is 5.69 Å². The first kappa shape index (κ1) is 31.3. The summed E-state index contributed by atoms with van der Waals surface area (Å²) in [5, 5.41) is 3.52. The van der Waals surface area contributed by atoms with Crippen molar-refractivity contribution in [1.82, 2.24) is 10.2 Å². The van der Waals surface area contributed by atoms with Crippen molar-refractivity contribution in [2.75, 3.05) is 18.0 Å². The number of carbonyl (C=O) groups is 2. The van der Waals surface area contributed by atoms with Gasteiger partial charge in [-0.25, -0.2) is 8.42 Å². The number of carbonyl (C=O) groups excluding carboxylic acids is 2. The van der Waals surface area contributed by atoms with E-state index in [0.29, 0.717) is 27.8 Å². The largest absolute Gasteiger partial charge is 0.497 e. The minimum Gasteiger partial charge on any atom is -0.497 e. The molecule has 1 N–H and O–H groups in total. The second kappa shape index (κ2) is 13.9. The molecule has 0 aliphatic heterocycles. The molecule has 11 heteroatoms. The molecule has 0 saturated carbocycles. The Balaban J connectivity index is 2.07. The summed E-state index contributed by atoms with van der Waals surface area (Å²) in [5.74, 6) is -0.371. The molecule has 0 aliphatic carbocycles. The van der Waals surface area contributed by atoms with Crippen LogP contribution in [0, 0.1) is 0 Å². The Hall–Kier alpha value is -3.27. The molecule has 0 spiro atoms. The summed E-state index contributed by atoms with van der Waals surface area (Å²) < 4.78 is 33.9. The fourth-order valence-corrected chi connectivity index (χ4v) is 5.89. The maximum Gasteiger partial charge on any atom is 0.264 e. The first-order valence-electron chi connectivity index (χ1n) is 12.7. The van der Waals surface area contributed by atoms with Crippen LogP contribution in [0.1, 0.15) is 32.8 Å². The highest BCUT2D eigenvalue weighted by Crippen LogP contribution is 2.28. The zero-order chi connectivity index (χ0) is 29.4. The molecule has 0 bridgehead atoms. The molecule has 3 aromatic carbocycles. The van der Waals surface area contributed by atoms with E-state index in [-0.39, 0.29) is 29.1 Å². The van der Waals surface area contributed by atoms with Crippen molar-refractivity contribution in [3.8, 4) is 5.75 Å². The Morgan fingerprint density at radius 3 is 2.15 bits per heavy atom. The Kier molecular flexibility index (Phi) is 10.8. The normalized spacial score (nSPS) is 12.1. The van der Waals surface area contributed by atoms with Crippen LogP contribution in [0.2, 0.25) is 10.0 Å². The molecule has 0 unspecified atom stereocenters. The Morgan fingerprint density at radius 2 is 1.60 bits per heavy atom. The monoisotopic (exact) mass is 605 g/mol. The third-order valence-electron chi connectivity index (χ3n) is 6.12. The summed E-state index contributed by atoms with van der Waals surface area (Å²) >= 11 is 12.3. The van der Waals surface area contributed by atoms with Crippen molar-refractivity contribution in [2.24, 2.45) is 0 Å². The summed E-state index contributed by atoms with van der Waals surface area (Å²) in [6.07, 6.45) is 0.305. The van der Waals surface area contributed by atoms with Crippen molar-refractivity contribution in [3.63, 3.8) is 0 Å². The average Bonchev–Trinajstić information content (AvgIpc) is 2.93. The summed E-state index contributed by atoms with van der Waals surface area (Å²) in [4.78, 5) is 28.6. The van der Waals surface area contributed by atoms with Crippen molar-refractivity contribution < 1.29 is 22.7 Å². The molecule has 0 fully saturated rings. The number of ether oxygens (including phenoxy) is 1. The zero-order valence-electron chi connectivity index (χ0n) is 22.8. The van der Waals surface area contributed by atoms with Gasteiger partial charge in [-0.2, -0.15) is 0 Å². The Bertz CT molecular complexity index is 1420. The zero-order valence-corrected chi connectivity index (χ0v) is 25.1. The van der Waals surface area contributed by atoms with Crippen molar-refractivity contribution in [1.29, 1.82) is 0 Å². The molecule has 3 rings (SSSR count). The van der Waals surface area contributed by atoms with E-state index in [9.17, 15) is 18.0 Å². The fraction of sp³-hybridized carbons (Fsp3) is 0.310. The van der Waals surface area contributed by atoms with Gasteiger partial charge in [-0.3, -0.25) is 13.9 Å². The van der Waals surface area contributed by atoms with Crippen LogP contribution in [0.25, 0.3) is 0 Å². The van der Waals surface area contributed by atoms with Gasteiger partial charge in [0.2, 0.25) is 11.8 Å². The number of anilines is 1. The predicted octanol–water partition coefficient (Wildman–Crippen LogP) is 5.53. The highest BCUT2D eigenvalue weighted by atomic mass is 35.5. The number of nitrogens with one attached hydrogen (secondary N) is 1. The number of amides is 2. The SMILES string of the molecule is CC[C@@H](C(=O)NC(C)C)N(Cc1ccc(Cl)c(Cl)c1)C(=O)CN(c1ccc(OC)cc1)S(=O)(=O)c1ccccc1. The van der Waals surface area contributed by atoms with Crippen LogP contribution in [0.3, 0.4) is 0 Å². The fourth-order valence-electron chi connectivity index (χ4n) is 4.13. The quantitative estimate of drug-likeness (QED) is 0.293. The molecule has 0 aromatic heterocycles. The lowest BCUT2D eigenvalue weighted by molar-refractivity contribution is -0.140. The van der Waals surface area contributed by atoms with Crippen LogP contribution < -0.4 is 14.4 Å². The third-order valence-corrected chi connectivity index (χ3v) is 8.65. The molecular weight excluding hydrogens is 573 g/mol. The van der Waals surface area contributed by atoms with Crippen LogP contribution in [0.5, 0.6) is 5.75 Å². The van der Waals surface area contributed by atoms with E-state index < -0.39 is 28.5 Å². The molecular formula is C29H33Cl2N3O5S. The number of halogens is 2. The summed E-state index contributed by atoms with van der Waals surface area (Å²) in [7, 11) is -2.65. The lowest BCUT2D eigenvalue weighted by Gasteiger charge is -2.33. The van der Waals surface area contributed by atoms with E-state index in [2.05, 4.69) is 5.32 Å². The molecule has 3 aromatic rings. The highest BCUT2D eigenvalue weighted by molar-refractivity contribution is 7.92. The van der Waals surface area contributed by atoms with E-state index in [4.69, 9.17) is 27.9 Å². The average molecular weight is 607 g/mol. The van der Waals surface area contributed by atoms with Crippen molar-refractivity contribution in [3.05, 3.63) is 88.4 Å². The number of sulfonamides is 1. The topological polar surface area (TPSA) is 96.0 Å². The third kappa shape index (κ3) is 7.68. The molecule has 0 radical (unpaired) electrons. The molecule has 1 atom stereocenters. The molecule has 2 amide bonds. The van der Waals surface area contributed by atoms with Crippen LogP contribution in [0.15, 0.2) is 77.7 Å². The lowest BCUT2D eigenvalue weighted by atomic mass is 10.1. The predicted molar refractivity (Wildman–Crippen MR) is 158 cm³/mol. The second-order valence-corrected chi connectivity index (χ2v) is 12.1. The first-order valence-corrected chi connectivity index (χ1v) is 14.9. The van der Waals surface area contributed by atoms with Gasteiger partial charge < -0.3 is 15.0 Å². The lowest BCUT2D eigenvalue weighted by Crippen LogP contribution is -2.53. The van der Waals surface area contributed by atoms with Crippen LogP contribution >= 0.6 is 23.2 Å². The van der Waals surface area contributed by atoms with Gasteiger partial charge in [-0.1, -0.05) is 54.4 Å². The number of rotatable bonds is 12. The van der Waals surface area contributed by atoms with Gasteiger partial charge >= 0.3 is 0 Å². The Morgan fingerprint density at radius 1 is 0.950 bits per heavy atom. The maximum atomic E-state index is 14.0. The molecule has 0 heterocycles. The number of nitrogens with zero attached hydrogens (tertiary/aromatic N) is 2. The van der Waals surface area contributed by atoms with Crippen LogP contribution in [-0.4, -0.2) is 50.9 Å². The van der Waals surface area contributed by atoms with Gasteiger partial charge in [0.05, 0.1) is 27.7 Å². The summed E-state index contributed by atoms with van der Waals surface area (Å²) in [6.45, 7) is 4.92. The Labute approximate surface area is 245 Å². The minimum atomic E-state index is -4.15. The molecule has 0 saturated heterocycles. The van der Waals surface area contributed by atoms with Crippen molar-refractivity contribution >= 4 is 50.7 Å². The van der Waals surface area contributed by atoms with Crippen molar-refractivity contribution in [2.45, 2.75) is 50.7 Å². The number of benzene rings is 3. The molecule has 8 nitrogen and oxygen atoms in total. The highest BCUT2D eigenvalue weighted by Gasteiger charge is 2.34. The van der Waals surface area contributed by atoms with E-state index in [1.165, 1.54) is 24.1 Å². The van der Waals surface area contributed by atoms with Gasteiger partial charge in [0, 0.05) is 12.6 Å². The standard InChI is InChI=1S/C29H33Cl2N3O5S/c1-5-27(29(36)32-20(2)3)33(18-21-11-16-25(30)26(31)17-21)28(35)19-34(22-12-14-23(39-4)15-13-22)40(37,38)24-9-7-6-8-10-24/h6-17,20,27H,5,18-19H2,1-4H3,(H,32,36)/t27-/m0/s1. The summed E-state index contributed by atoms with van der Waals surface area (Å²) in [6, 6.07) is 18.2. The van der Waals surface area contributed by atoms with E-state index in [0.717, 1.165) is 4.31 Å². The van der Waals surface area contributed by atoms with Gasteiger partial charge in [-0.05, 0) is 74.4 Å². The first-order chi connectivity index (χ1) is 19.0. The second-order valence-electron chi connectivity index (χ2n) is 9.38. The summed E-state index contributed by atoms with van der Waals surface area (Å²) in [5.41, 5.74) is 0.910. The minimum absolute atomic E-state index is 0.0155. The molecule has 214 valence electrons. The van der Waals surface area contributed by atoms with Gasteiger partial charge in [0.25, 0.3) is 10.0 Å². The number of methoxy groups -OCH3 is 1. The van der Waals surface area contributed by atoms with Gasteiger partial charge in [0.1, 0.15) is 18.3 Å². The van der Waals surface area contributed by atoms with Gasteiger partial charge in [0.15, 0.2) is 0 Å². The number of hydrogen-bond donors (Lipinski definition) is 1. The van der Waals surface area contributed by atoms with E-state index in [1.807, 2.05) is 13.8 Å². The van der Waals surface area contributed by atoms with Crippen LogP contribution in [-0.2, 0) is 26.2 Å². The van der Waals surface area contributed by atoms with E-state index >= 15 is 0 Å². The molecule has 0 aliphatic rings. The maximum absolute atomic E-state index is 14.0. The van der Waals surface area contributed by atoms with Gasteiger partial charge in [-0.15, -0.1) is 0 Å². The smallest absolute Gasteiger partial charge is 0.264 e. The molecule has 40 heavy (non-hydrogen) atoms.